The molecule has 3 N–H and O–H groups in total. The molecule has 0 aromatic heterocycles. The van der Waals surface area contributed by atoms with Crippen molar-refractivity contribution in [3.05, 3.63) is 0 Å². The zero-order valence-corrected chi connectivity index (χ0v) is 17.2. The lowest BCUT2D eigenvalue weighted by Crippen LogP contribution is -2.36. The summed E-state index contributed by atoms with van der Waals surface area (Å²) < 4.78 is 0. The zero-order valence-electron chi connectivity index (χ0n) is 16.4. The molecule has 2 fully saturated rings. The molecule has 148 valence electrons. The summed E-state index contributed by atoms with van der Waals surface area (Å²) in [6, 6.07) is 0.450. The van der Waals surface area contributed by atoms with Crippen molar-refractivity contribution < 1.29 is 14.4 Å². The Bertz CT molecular complexity index is 533. The van der Waals surface area contributed by atoms with Crippen LogP contribution in [0.25, 0.3) is 0 Å². The molecule has 0 radical (unpaired) electrons. The summed E-state index contributed by atoms with van der Waals surface area (Å²) in [7, 11) is 0. The van der Waals surface area contributed by atoms with Gasteiger partial charge >= 0.3 is 6.03 Å². The van der Waals surface area contributed by atoms with E-state index in [-0.39, 0.29) is 41.1 Å². The van der Waals surface area contributed by atoms with Crippen molar-refractivity contribution >= 4 is 29.5 Å². The van der Waals surface area contributed by atoms with Gasteiger partial charge in [0.25, 0.3) is 0 Å². The summed E-state index contributed by atoms with van der Waals surface area (Å²) in [5, 5.41) is 9.32. The lowest BCUT2D eigenvalue weighted by atomic mass is 9.82. The number of carbonyl (C=O) groups is 3. The van der Waals surface area contributed by atoms with E-state index in [2.05, 4.69) is 16.0 Å². The van der Waals surface area contributed by atoms with Gasteiger partial charge in [0.2, 0.25) is 5.91 Å². The van der Waals surface area contributed by atoms with E-state index in [1.165, 1.54) is 0 Å². The van der Waals surface area contributed by atoms with Crippen LogP contribution in [-0.2, 0) is 9.59 Å². The van der Waals surface area contributed by atoms with E-state index in [4.69, 9.17) is 0 Å². The van der Waals surface area contributed by atoms with Crippen LogP contribution in [0.5, 0.6) is 0 Å². The van der Waals surface area contributed by atoms with Crippen molar-refractivity contribution in [2.24, 2.45) is 11.3 Å². The van der Waals surface area contributed by atoms with Gasteiger partial charge in [-0.05, 0) is 19.3 Å². The summed E-state index contributed by atoms with van der Waals surface area (Å²) in [5.41, 5.74) is -0.324. The van der Waals surface area contributed by atoms with Crippen molar-refractivity contribution in [1.29, 1.82) is 0 Å². The molecule has 2 aliphatic rings. The molecule has 6 nitrogen and oxygen atoms in total. The molecule has 2 aliphatic heterocycles. The summed E-state index contributed by atoms with van der Waals surface area (Å²) in [6.07, 6.45) is 4.09. The van der Waals surface area contributed by atoms with Gasteiger partial charge in [-0.1, -0.05) is 34.1 Å². The molecule has 4 atom stereocenters. The summed E-state index contributed by atoms with van der Waals surface area (Å²) in [4.78, 5) is 35.4. The minimum atomic E-state index is -0.324. The second kappa shape index (κ2) is 9.11. The van der Waals surface area contributed by atoms with Gasteiger partial charge in [-0.25, -0.2) is 4.79 Å². The predicted octanol–water partition coefficient (Wildman–Crippen LogP) is 2.47. The Labute approximate surface area is 161 Å². The number of Topliss-reactive ketones (excluding diaryl/α,β-unsaturated/α-hetero) is 1. The number of hydrogen-bond acceptors (Lipinski definition) is 4. The Hall–Kier alpha value is -1.24. The Morgan fingerprint density at radius 2 is 2.00 bits per heavy atom. The van der Waals surface area contributed by atoms with Crippen molar-refractivity contribution in [2.45, 2.75) is 77.1 Å². The van der Waals surface area contributed by atoms with Gasteiger partial charge in [-0.3, -0.25) is 9.59 Å². The van der Waals surface area contributed by atoms with Gasteiger partial charge in [0.15, 0.2) is 0 Å². The molecule has 0 spiro atoms. The number of carbonyl (C=O) groups excluding carboxylic acids is 3. The third-order valence-corrected chi connectivity index (χ3v) is 6.68. The Morgan fingerprint density at radius 1 is 1.27 bits per heavy atom. The fourth-order valence-corrected chi connectivity index (χ4v) is 5.20. The number of unbranched alkanes of at least 4 members (excludes halogenated alkanes) is 1. The topological polar surface area (TPSA) is 87.3 Å². The van der Waals surface area contributed by atoms with Gasteiger partial charge in [-0.15, -0.1) is 0 Å². The van der Waals surface area contributed by atoms with Crippen LogP contribution in [0.2, 0.25) is 0 Å². The first-order valence-electron chi connectivity index (χ1n) is 9.68. The van der Waals surface area contributed by atoms with Gasteiger partial charge in [0, 0.05) is 35.3 Å². The van der Waals surface area contributed by atoms with Gasteiger partial charge in [0.05, 0.1) is 12.1 Å². The average Bonchev–Trinajstić information content (AvgIpc) is 3.09. The molecule has 2 saturated heterocycles. The van der Waals surface area contributed by atoms with Crippen molar-refractivity contribution in [2.75, 3.05) is 12.3 Å². The maximum absolute atomic E-state index is 12.1. The lowest BCUT2D eigenvalue weighted by molar-refractivity contribution is -0.130. The minimum absolute atomic E-state index is 0.0298. The highest BCUT2D eigenvalue weighted by Crippen LogP contribution is 2.33. The summed E-state index contributed by atoms with van der Waals surface area (Å²) in [6.45, 7) is 8.29. The average molecular weight is 384 g/mol. The number of fused-ring (bicyclic) bond motifs is 1. The van der Waals surface area contributed by atoms with Crippen LogP contribution in [-0.4, -0.2) is 47.4 Å². The molecule has 1 unspecified atom stereocenters. The fourth-order valence-electron chi connectivity index (χ4n) is 3.66. The van der Waals surface area contributed by atoms with Crippen molar-refractivity contribution in [3.63, 3.8) is 0 Å². The number of rotatable bonds is 9. The summed E-state index contributed by atoms with van der Waals surface area (Å²) >= 11 is 1.91. The van der Waals surface area contributed by atoms with E-state index in [1.807, 2.05) is 39.5 Å². The molecule has 0 saturated carbocycles. The molecule has 3 amide bonds. The third kappa shape index (κ3) is 5.89. The number of ketones is 1. The quantitative estimate of drug-likeness (QED) is 0.422. The van der Waals surface area contributed by atoms with E-state index in [9.17, 15) is 14.4 Å². The highest BCUT2D eigenvalue weighted by Gasteiger charge is 2.42. The molecule has 0 bridgehead atoms. The maximum atomic E-state index is 12.1. The van der Waals surface area contributed by atoms with Crippen LogP contribution in [0, 0.1) is 11.3 Å². The van der Waals surface area contributed by atoms with E-state index >= 15 is 0 Å². The van der Waals surface area contributed by atoms with E-state index in [0.717, 1.165) is 25.0 Å². The zero-order chi connectivity index (χ0) is 19.3. The second-order valence-corrected chi connectivity index (χ2v) is 9.79. The lowest BCUT2D eigenvalue weighted by Gasteiger charge is -2.21. The largest absolute Gasteiger partial charge is 0.356 e. The Balaban J connectivity index is 1.54. The van der Waals surface area contributed by atoms with Gasteiger partial charge in [-0.2, -0.15) is 11.8 Å². The van der Waals surface area contributed by atoms with E-state index < -0.39 is 0 Å². The highest BCUT2D eigenvalue weighted by molar-refractivity contribution is 8.00. The van der Waals surface area contributed by atoms with Crippen molar-refractivity contribution in [1.82, 2.24) is 16.0 Å². The number of urea groups is 1. The molecular formula is C19H33N3O3S. The second-order valence-electron chi connectivity index (χ2n) is 8.52. The highest BCUT2D eigenvalue weighted by atomic mass is 32.2. The first kappa shape index (κ1) is 21.1. The van der Waals surface area contributed by atoms with Crippen molar-refractivity contribution in [3.8, 4) is 0 Å². The fraction of sp³-hybridized carbons (Fsp3) is 0.842. The predicted molar refractivity (Wildman–Crippen MR) is 105 cm³/mol. The number of thioether (sulfide) groups is 1. The molecule has 0 aliphatic carbocycles. The standard InChI is InChI=1S/C19H33N3O3S/c1-12(17(24)19(2,3)4)9-10-20-15(23)8-6-5-7-14-16-13(11-26-14)21-18(25)22-16/h12-14,16H,5-11H2,1-4H3,(H,20,23)(H2,21,22,25)/t12?,13-,14-,16-/m0/s1. The molecule has 0 aromatic carbocycles. The van der Waals surface area contributed by atoms with Crippen LogP contribution in [0.15, 0.2) is 0 Å². The first-order valence-corrected chi connectivity index (χ1v) is 10.7. The van der Waals surface area contributed by atoms with E-state index in [1.54, 1.807) is 0 Å². The molecule has 0 aromatic rings. The molecule has 7 heteroatoms. The third-order valence-electron chi connectivity index (χ3n) is 5.17. The van der Waals surface area contributed by atoms with Crippen LogP contribution in [0.1, 0.15) is 59.8 Å². The van der Waals surface area contributed by atoms with E-state index in [0.29, 0.717) is 24.6 Å². The monoisotopic (exact) mass is 383 g/mol. The van der Waals surface area contributed by atoms with Gasteiger partial charge < -0.3 is 16.0 Å². The first-order chi connectivity index (χ1) is 12.2. The number of amides is 3. The minimum Gasteiger partial charge on any atom is -0.356 e. The van der Waals surface area contributed by atoms with Crippen LogP contribution < -0.4 is 16.0 Å². The molecule has 26 heavy (non-hydrogen) atoms. The molecular weight excluding hydrogens is 350 g/mol. The summed E-state index contributed by atoms with van der Waals surface area (Å²) in [5.74, 6) is 1.25. The molecule has 2 rings (SSSR count). The number of hydrogen-bond donors (Lipinski definition) is 3. The Morgan fingerprint density at radius 3 is 2.69 bits per heavy atom. The normalized spacial score (nSPS) is 26.0. The van der Waals surface area contributed by atoms with Crippen LogP contribution in [0.4, 0.5) is 4.79 Å². The SMILES string of the molecule is CC(CCNC(=O)CCCC[C@@H]1SC[C@@H]2NC(=O)N[C@@H]21)C(=O)C(C)(C)C. The Kier molecular flexibility index (Phi) is 7.38. The van der Waals surface area contributed by atoms with Gasteiger partial charge in [0.1, 0.15) is 5.78 Å². The molecule has 2 heterocycles. The number of nitrogens with one attached hydrogen (secondary N) is 3. The van der Waals surface area contributed by atoms with Crippen LogP contribution in [0.3, 0.4) is 0 Å². The smallest absolute Gasteiger partial charge is 0.315 e. The maximum Gasteiger partial charge on any atom is 0.315 e. The van der Waals surface area contributed by atoms with Crippen LogP contribution >= 0.6 is 11.8 Å².